The largest absolute Gasteiger partial charge is 0.507 e. The van der Waals surface area contributed by atoms with Crippen molar-refractivity contribution in [3.63, 3.8) is 0 Å². The third-order valence-electron chi connectivity index (χ3n) is 5.23. The maximum atomic E-state index is 11.8. The fourth-order valence-electron chi connectivity index (χ4n) is 3.49. The smallest absolute Gasteiger partial charge is 0.229 e. The molecule has 1 aliphatic carbocycles. The SMILES string of the molecule is O=c1cc2oc(-c3cc(O)c(O)c(O)c3)c(O[C@@H]3O[C@H](CO)[C@H](O)[C@H](O)[C@H]3O)cc-2c(O)c1. The van der Waals surface area contributed by atoms with Crippen molar-refractivity contribution in [3.05, 3.63) is 40.6 Å². The fraction of sp³-hybridized carbons (Fsp3) is 0.286. The highest BCUT2D eigenvalue weighted by atomic mass is 16.7. The summed E-state index contributed by atoms with van der Waals surface area (Å²) >= 11 is 0. The van der Waals surface area contributed by atoms with Gasteiger partial charge in [0.05, 0.1) is 12.2 Å². The number of aromatic hydroxyl groups is 4. The molecule has 0 unspecified atom stereocenters. The highest BCUT2D eigenvalue weighted by molar-refractivity contribution is 5.77. The van der Waals surface area contributed by atoms with E-state index in [1.165, 1.54) is 6.07 Å². The molecule has 0 bridgehead atoms. The van der Waals surface area contributed by atoms with E-state index >= 15 is 0 Å². The number of rotatable bonds is 4. The molecule has 33 heavy (non-hydrogen) atoms. The Morgan fingerprint density at radius 1 is 0.848 bits per heavy atom. The summed E-state index contributed by atoms with van der Waals surface area (Å²) in [4.78, 5) is 11.8. The van der Waals surface area contributed by atoms with Gasteiger partial charge in [0, 0.05) is 17.7 Å². The average molecular weight is 464 g/mol. The molecular weight excluding hydrogens is 444 g/mol. The Balaban J connectivity index is 1.87. The maximum Gasteiger partial charge on any atom is 0.229 e. The quantitative estimate of drug-likeness (QED) is 0.228. The lowest BCUT2D eigenvalue weighted by Gasteiger charge is -2.39. The number of benzene rings is 2. The van der Waals surface area contributed by atoms with Gasteiger partial charge in [0.1, 0.15) is 35.9 Å². The molecule has 0 spiro atoms. The van der Waals surface area contributed by atoms with Gasteiger partial charge in [-0.3, -0.25) is 4.79 Å². The third kappa shape index (κ3) is 4.01. The minimum atomic E-state index is -1.77. The van der Waals surface area contributed by atoms with Gasteiger partial charge in [-0.15, -0.1) is 0 Å². The van der Waals surface area contributed by atoms with Gasteiger partial charge in [-0.2, -0.15) is 0 Å². The summed E-state index contributed by atoms with van der Waals surface area (Å²) in [5.74, 6) is -3.24. The Kier molecular flexibility index (Phi) is 5.78. The lowest BCUT2D eigenvalue weighted by molar-refractivity contribution is -0.277. The summed E-state index contributed by atoms with van der Waals surface area (Å²) in [5.41, 5.74) is -0.598. The first-order chi connectivity index (χ1) is 15.6. The molecule has 3 aliphatic rings. The van der Waals surface area contributed by atoms with E-state index in [9.17, 15) is 45.6 Å². The van der Waals surface area contributed by atoms with E-state index in [1.54, 1.807) is 0 Å². The Morgan fingerprint density at radius 2 is 1.52 bits per heavy atom. The maximum absolute atomic E-state index is 11.8. The Hall–Kier alpha value is -3.55. The van der Waals surface area contributed by atoms with Crippen LogP contribution in [0.5, 0.6) is 28.7 Å². The highest BCUT2D eigenvalue weighted by Crippen LogP contribution is 2.45. The normalized spacial score (nSPS) is 25.3. The van der Waals surface area contributed by atoms with Crippen LogP contribution in [0.3, 0.4) is 0 Å². The molecule has 12 heteroatoms. The van der Waals surface area contributed by atoms with E-state index in [4.69, 9.17) is 13.9 Å². The van der Waals surface area contributed by atoms with Crippen molar-refractivity contribution < 1.29 is 54.7 Å². The van der Waals surface area contributed by atoms with Crippen LogP contribution in [0.25, 0.3) is 22.6 Å². The van der Waals surface area contributed by atoms with Crippen LogP contribution in [0.1, 0.15) is 0 Å². The van der Waals surface area contributed by atoms with Crippen LogP contribution in [-0.2, 0) is 4.74 Å². The second-order valence-corrected chi connectivity index (χ2v) is 7.47. The summed E-state index contributed by atoms with van der Waals surface area (Å²) in [7, 11) is 0. The molecule has 1 fully saturated rings. The van der Waals surface area contributed by atoms with Gasteiger partial charge in [-0.1, -0.05) is 0 Å². The Morgan fingerprint density at radius 3 is 2.15 bits per heavy atom. The first kappa shape index (κ1) is 22.6. The number of aliphatic hydroxyl groups is 4. The summed E-state index contributed by atoms with van der Waals surface area (Å²) in [6, 6.07) is 5.23. The molecule has 4 rings (SSSR count). The van der Waals surface area contributed by atoms with E-state index in [1.807, 2.05) is 0 Å². The minimum absolute atomic E-state index is 0.0187. The van der Waals surface area contributed by atoms with E-state index in [-0.39, 0.29) is 28.4 Å². The molecule has 5 atom stereocenters. The van der Waals surface area contributed by atoms with Gasteiger partial charge < -0.3 is 54.7 Å². The van der Waals surface area contributed by atoms with E-state index in [0.717, 1.165) is 24.3 Å². The van der Waals surface area contributed by atoms with Crippen LogP contribution >= 0.6 is 0 Å². The van der Waals surface area contributed by atoms with Gasteiger partial charge in [0.15, 0.2) is 34.2 Å². The molecule has 0 saturated carbocycles. The topological polar surface area (TPSA) is 211 Å². The second-order valence-electron chi connectivity index (χ2n) is 7.47. The summed E-state index contributed by atoms with van der Waals surface area (Å²) in [6.45, 7) is -0.702. The number of hydrogen-bond acceptors (Lipinski definition) is 12. The molecule has 0 radical (unpaired) electrons. The van der Waals surface area contributed by atoms with Crippen LogP contribution < -0.4 is 10.2 Å². The molecule has 2 heterocycles. The third-order valence-corrected chi connectivity index (χ3v) is 5.23. The van der Waals surface area contributed by atoms with Crippen molar-refractivity contribution in [2.45, 2.75) is 30.7 Å². The van der Waals surface area contributed by atoms with Gasteiger partial charge in [0.2, 0.25) is 6.29 Å². The van der Waals surface area contributed by atoms with Crippen LogP contribution in [0.2, 0.25) is 0 Å². The molecular formula is C21H20O12. The zero-order chi connectivity index (χ0) is 24.0. The zero-order valence-corrected chi connectivity index (χ0v) is 16.7. The van der Waals surface area contributed by atoms with Gasteiger partial charge in [0.25, 0.3) is 0 Å². The zero-order valence-electron chi connectivity index (χ0n) is 16.7. The first-order valence-corrected chi connectivity index (χ1v) is 9.64. The molecule has 1 aromatic carbocycles. The number of fused-ring (bicyclic) bond motifs is 1. The van der Waals surface area contributed by atoms with Crippen molar-refractivity contribution in [1.29, 1.82) is 0 Å². The molecule has 12 nitrogen and oxygen atoms in total. The minimum Gasteiger partial charge on any atom is -0.507 e. The predicted molar refractivity (Wildman–Crippen MR) is 108 cm³/mol. The standard InChI is InChI=1S/C21H20O12/c22-6-15-17(28)18(29)19(30)21(33-15)32-14-5-9-10(24)3-8(23)4-13(9)31-20(14)7-1-11(25)16(27)12(26)2-7/h1-5,15,17-19,21-22,24-30H,6H2/t15-,17+,18+,19-,21-/m1/s1. The van der Waals surface area contributed by atoms with Crippen LogP contribution in [0, 0.1) is 0 Å². The lowest BCUT2D eigenvalue weighted by Crippen LogP contribution is -2.60. The average Bonchev–Trinajstić information content (AvgIpc) is 2.77. The number of phenols is 4. The van der Waals surface area contributed by atoms with Crippen molar-refractivity contribution in [2.24, 2.45) is 0 Å². The van der Waals surface area contributed by atoms with Crippen LogP contribution in [-0.4, -0.2) is 78.2 Å². The van der Waals surface area contributed by atoms with E-state index in [2.05, 4.69) is 0 Å². The molecule has 1 aromatic rings. The molecule has 0 aromatic heterocycles. The van der Waals surface area contributed by atoms with Gasteiger partial charge >= 0.3 is 0 Å². The van der Waals surface area contributed by atoms with Crippen molar-refractivity contribution >= 4 is 0 Å². The number of ether oxygens (including phenoxy) is 2. The number of hydrogen-bond donors (Lipinski definition) is 8. The predicted octanol–water partition coefficient (Wildman–Crippen LogP) is -0.587. The van der Waals surface area contributed by atoms with Crippen LogP contribution in [0.4, 0.5) is 0 Å². The Bertz CT molecular complexity index is 1180. The summed E-state index contributed by atoms with van der Waals surface area (Å²) < 4.78 is 16.7. The number of phenolic OH excluding ortho intramolecular Hbond substituents is 4. The van der Waals surface area contributed by atoms with Gasteiger partial charge in [-0.05, 0) is 18.2 Å². The Labute approximate surface area is 184 Å². The van der Waals surface area contributed by atoms with Crippen LogP contribution in [0.15, 0.2) is 39.5 Å². The number of aliphatic hydroxyl groups excluding tert-OH is 4. The molecule has 1 saturated heterocycles. The van der Waals surface area contributed by atoms with Crippen molar-refractivity contribution in [1.82, 2.24) is 0 Å². The van der Waals surface area contributed by atoms with Gasteiger partial charge in [-0.25, -0.2) is 0 Å². The summed E-state index contributed by atoms with van der Waals surface area (Å²) in [5, 5.41) is 79.2. The molecule has 176 valence electrons. The van der Waals surface area contributed by atoms with Crippen molar-refractivity contribution in [3.8, 4) is 51.4 Å². The van der Waals surface area contributed by atoms with Crippen molar-refractivity contribution in [2.75, 3.05) is 6.61 Å². The molecule has 8 N–H and O–H groups in total. The highest BCUT2D eigenvalue weighted by Gasteiger charge is 2.45. The molecule has 0 amide bonds. The first-order valence-electron chi connectivity index (χ1n) is 9.64. The monoisotopic (exact) mass is 464 g/mol. The molecule has 2 aliphatic heterocycles. The van der Waals surface area contributed by atoms with E-state index < -0.39 is 65.7 Å². The van der Waals surface area contributed by atoms with E-state index in [0.29, 0.717) is 0 Å². The second kappa shape index (κ2) is 8.42. The fourth-order valence-corrected chi connectivity index (χ4v) is 3.49. The summed E-state index contributed by atoms with van der Waals surface area (Å²) in [6.07, 6.45) is -8.04. The lowest BCUT2D eigenvalue weighted by atomic mass is 9.99.